The summed E-state index contributed by atoms with van der Waals surface area (Å²) in [6.45, 7) is 0.721. The number of methoxy groups -OCH3 is 1. The molecule has 2 rings (SSSR count). The number of anilines is 1. The number of carbonyl (C=O) groups excluding carboxylic acids is 1. The molecule has 0 atom stereocenters. The summed E-state index contributed by atoms with van der Waals surface area (Å²) in [6.07, 6.45) is 4.56. The highest BCUT2D eigenvalue weighted by Crippen LogP contribution is 2.20. The Morgan fingerprint density at radius 3 is 3.12 bits per heavy atom. The molecule has 1 saturated carbocycles. The van der Waals surface area contributed by atoms with Crippen molar-refractivity contribution in [2.45, 2.75) is 25.3 Å². The first-order chi connectivity index (χ1) is 8.29. The van der Waals surface area contributed by atoms with Crippen molar-refractivity contribution in [2.75, 3.05) is 19.0 Å². The van der Waals surface area contributed by atoms with Crippen LogP contribution in [-0.4, -0.2) is 30.6 Å². The van der Waals surface area contributed by atoms with Gasteiger partial charge in [-0.25, -0.2) is 4.98 Å². The van der Waals surface area contributed by atoms with E-state index in [4.69, 9.17) is 4.74 Å². The number of carbonyl (C=O) groups is 1. The van der Waals surface area contributed by atoms with Crippen LogP contribution in [0.3, 0.4) is 0 Å². The van der Waals surface area contributed by atoms with Gasteiger partial charge in [-0.15, -0.1) is 0 Å². The molecule has 0 aromatic carbocycles. The van der Waals surface area contributed by atoms with Crippen molar-refractivity contribution < 1.29 is 9.53 Å². The van der Waals surface area contributed by atoms with Gasteiger partial charge in [0.15, 0.2) is 0 Å². The van der Waals surface area contributed by atoms with E-state index in [0.29, 0.717) is 24.0 Å². The summed E-state index contributed by atoms with van der Waals surface area (Å²) >= 11 is 0. The van der Waals surface area contributed by atoms with Crippen LogP contribution < -0.4 is 15.4 Å². The van der Waals surface area contributed by atoms with Gasteiger partial charge in [0.05, 0.1) is 7.11 Å². The largest absolute Gasteiger partial charge is 0.480 e. The van der Waals surface area contributed by atoms with Crippen molar-refractivity contribution in [1.82, 2.24) is 10.3 Å². The minimum absolute atomic E-state index is 0.0237. The third-order valence-corrected chi connectivity index (χ3v) is 2.60. The Kier molecular flexibility index (Phi) is 3.93. The molecule has 1 aromatic heterocycles. The molecule has 0 spiro atoms. The Hall–Kier alpha value is -1.62. The quantitative estimate of drug-likeness (QED) is 0.777. The topological polar surface area (TPSA) is 63.2 Å². The molecule has 92 valence electrons. The lowest BCUT2D eigenvalue weighted by molar-refractivity contribution is -0.116. The number of hydrogen-bond acceptors (Lipinski definition) is 4. The van der Waals surface area contributed by atoms with E-state index < -0.39 is 0 Å². The second-order valence-electron chi connectivity index (χ2n) is 4.09. The molecule has 0 aliphatic heterocycles. The van der Waals surface area contributed by atoms with Gasteiger partial charge >= 0.3 is 0 Å². The highest BCUT2D eigenvalue weighted by atomic mass is 16.5. The smallest absolute Gasteiger partial charge is 0.237 e. The third kappa shape index (κ3) is 3.71. The molecular formula is C12H17N3O2. The summed E-state index contributed by atoms with van der Waals surface area (Å²) in [7, 11) is 1.53. The zero-order chi connectivity index (χ0) is 12.1. The maximum Gasteiger partial charge on any atom is 0.237 e. The summed E-state index contributed by atoms with van der Waals surface area (Å²) in [5.41, 5.74) is 0.617. The molecule has 2 N–H and O–H groups in total. The normalized spacial score (nSPS) is 14.4. The van der Waals surface area contributed by atoms with Gasteiger partial charge in [0.1, 0.15) is 5.69 Å². The monoisotopic (exact) mass is 235 g/mol. The van der Waals surface area contributed by atoms with E-state index in [-0.39, 0.29) is 5.91 Å². The summed E-state index contributed by atoms with van der Waals surface area (Å²) in [5, 5.41) is 6.08. The minimum atomic E-state index is -0.0237. The first-order valence-corrected chi connectivity index (χ1v) is 5.82. The van der Waals surface area contributed by atoms with Gasteiger partial charge in [-0.3, -0.25) is 4.79 Å². The standard InChI is InChI=1S/C12H17N3O2/c1-17-12-10(3-2-7-14-12)15-11(16)6-8-13-9-4-5-9/h2-3,7,9,13H,4-6,8H2,1H3,(H,15,16). The Morgan fingerprint density at radius 2 is 2.41 bits per heavy atom. The van der Waals surface area contributed by atoms with Crippen LogP contribution in [0.15, 0.2) is 18.3 Å². The van der Waals surface area contributed by atoms with Crippen molar-refractivity contribution in [3.05, 3.63) is 18.3 Å². The van der Waals surface area contributed by atoms with E-state index in [9.17, 15) is 4.79 Å². The summed E-state index contributed by atoms with van der Waals surface area (Å²) in [6, 6.07) is 4.18. The second kappa shape index (κ2) is 5.63. The van der Waals surface area contributed by atoms with Gasteiger partial charge in [0.25, 0.3) is 0 Å². The first-order valence-electron chi connectivity index (χ1n) is 5.82. The number of aromatic nitrogens is 1. The van der Waals surface area contributed by atoms with Crippen LogP contribution in [0.5, 0.6) is 5.88 Å². The lowest BCUT2D eigenvalue weighted by Crippen LogP contribution is -2.23. The van der Waals surface area contributed by atoms with Crippen LogP contribution in [0.4, 0.5) is 5.69 Å². The van der Waals surface area contributed by atoms with Gasteiger partial charge < -0.3 is 15.4 Å². The van der Waals surface area contributed by atoms with Crippen molar-refractivity contribution in [1.29, 1.82) is 0 Å². The average molecular weight is 235 g/mol. The van der Waals surface area contributed by atoms with Gasteiger partial charge in [0.2, 0.25) is 11.8 Å². The van der Waals surface area contributed by atoms with E-state index in [0.717, 1.165) is 6.54 Å². The van der Waals surface area contributed by atoms with Gasteiger partial charge in [-0.1, -0.05) is 0 Å². The second-order valence-corrected chi connectivity index (χ2v) is 4.09. The fraction of sp³-hybridized carbons (Fsp3) is 0.500. The zero-order valence-corrected chi connectivity index (χ0v) is 9.90. The van der Waals surface area contributed by atoms with E-state index in [2.05, 4.69) is 15.6 Å². The van der Waals surface area contributed by atoms with Crippen molar-refractivity contribution >= 4 is 11.6 Å². The van der Waals surface area contributed by atoms with Crippen LogP contribution in [-0.2, 0) is 4.79 Å². The molecule has 1 aliphatic carbocycles. The molecule has 0 unspecified atom stereocenters. The molecule has 5 heteroatoms. The predicted octanol–water partition coefficient (Wildman–Crippen LogP) is 1.17. The van der Waals surface area contributed by atoms with Crippen LogP contribution in [0.2, 0.25) is 0 Å². The van der Waals surface area contributed by atoms with E-state index in [1.165, 1.54) is 20.0 Å². The number of hydrogen-bond donors (Lipinski definition) is 2. The van der Waals surface area contributed by atoms with Crippen LogP contribution in [0.25, 0.3) is 0 Å². The molecule has 0 radical (unpaired) electrons. The molecule has 5 nitrogen and oxygen atoms in total. The average Bonchev–Trinajstić information content (AvgIpc) is 3.14. The van der Waals surface area contributed by atoms with Crippen LogP contribution in [0.1, 0.15) is 19.3 Å². The Balaban J connectivity index is 1.79. The lowest BCUT2D eigenvalue weighted by atomic mass is 10.3. The molecule has 1 amide bonds. The number of pyridine rings is 1. The number of rotatable bonds is 6. The summed E-state index contributed by atoms with van der Waals surface area (Å²) in [4.78, 5) is 15.7. The lowest BCUT2D eigenvalue weighted by Gasteiger charge is -2.08. The van der Waals surface area contributed by atoms with Crippen LogP contribution in [0, 0.1) is 0 Å². The third-order valence-electron chi connectivity index (χ3n) is 2.60. The van der Waals surface area contributed by atoms with E-state index in [1.807, 2.05) is 0 Å². The number of nitrogens with one attached hydrogen (secondary N) is 2. The highest BCUT2D eigenvalue weighted by Gasteiger charge is 2.20. The van der Waals surface area contributed by atoms with Gasteiger partial charge in [0, 0.05) is 25.2 Å². The molecule has 1 fully saturated rings. The van der Waals surface area contributed by atoms with Crippen molar-refractivity contribution in [2.24, 2.45) is 0 Å². The SMILES string of the molecule is COc1ncccc1NC(=O)CCNC1CC1. The fourth-order valence-corrected chi connectivity index (χ4v) is 1.54. The molecular weight excluding hydrogens is 218 g/mol. The number of nitrogens with zero attached hydrogens (tertiary/aromatic N) is 1. The predicted molar refractivity (Wildman–Crippen MR) is 65.1 cm³/mol. The highest BCUT2D eigenvalue weighted by molar-refractivity contribution is 5.91. The summed E-state index contributed by atoms with van der Waals surface area (Å²) in [5.74, 6) is 0.417. The van der Waals surface area contributed by atoms with E-state index in [1.54, 1.807) is 18.3 Å². The maximum absolute atomic E-state index is 11.6. The molecule has 1 aliphatic rings. The fourth-order valence-electron chi connectivity index (χ4n) is 1.54. The van der Waals surface area contributed by atoms with Gasteiger partial charge in [-0.2, -0.15) is 0 Å². The number of amides is 1. The molecule has 0 bridgehead atoms. The Labute approximate surface area is 101 Å². The molecule has 0 saturated heterocycles. The van der Waals surface area contributed by atoms with Gasteiger partial charge in [-0.05, 0) is 25.0 Å². The van der Waals surface area contributed by atoms with Crippen molar-refractivity contribution in [3.8, 4) is 5.88 Å². The Morgan fingerprint density at radius 1 is 1.59 bits per heavy atom. The van der Waals surface area contributed by atoms with Crippen LogP contribution >= 0.6 is 0 Å². The first kappa shape index (κ1) is 11.9. The van der Waals surface area contributed by atoms with Crippen molar-refractivity contribution in [3.63, 3.8) is 0 Å². The maximum atomic E-state index is 11.6. The summed E-state index contributed by atoms with van der Waals surface area (Å²) < 4.78 is 5.06. The molecule has 1 heterocycles. The van der Waals surface area contributed by atoms with E-state index >= 15 is 0 Å². The Bertz CT molecular complexity index is 391. The zero-order valence-electron chi connectivity index (χ0n) is 9.90. The molecule has 1 aromatic rings. The minimum Gasteiger partial charge on any atom is -0.480 e. The molecule has 17 heavy (non-hydrogen) atoms. The number of ether oxygens (including phenoxy) is 1.